The number of hydrogen-bond acceptors (Lipinski definition) is 1. The lowest BCUT2D eigenvalue weighted by atomic mass is 9.87. The van der Waals surface area contributed by atoms with Gasteiger partial charge < -0.3 is 5.32 Å². The normalized spacial score (nSPS) is 19.4. The van der Waals surface area contributed by atoms with Crippen molar-refractivity contribution in [3.63, 3.8) is 0 Å². The third kappa shape index (κ3) is 2.74. The van der Waals surface area contributed by atoms with Gasteiger partial charge in [0.25, 0.3) is 0 Å². The quantitative estimate of drug-likeness (QED) is 0.830. The molecule has 0 heterocycles. The summed E-state index contributed by atoms with van der Waals surface area (Å²) in [5.74, 6) is 0. The highest BCUT2D eigenvalue weighted by Crippen LogP contribution is 2.32. The molecule has 0 radical (unpaired) electrons. The summed E-state index contributed by atoms with van der Waals surface area (Å²) >= 11 is 6.30. The lowest BCUT2D eigenvalue weighted by molar-refractivity contribution is 0.415. The summed E-state index contributed by atoms with van der Waals surface area (Å²) in [6.45, 7) is 2.19. The average molecular weight is 286 g/mol. The topological polar surface area (TPSA) is 12.0 Å². The molecule has 2 aromatic rings. The molecular formula is C18H20ClN. The molecule has 0 saturated heterocycles. The molecule has 0 fully saturated rings. The minimum absolute atomic E-state index is 0.264. The Morgan fingerprint density at radius 3 is 2.70 bits per heavy atom. The maximum atomic E-state index is 6.30. The van der Waals surface area contributed by atoms with E-state index >= 15 is 0 Å². The lowest BCUT2D eigenvalue weighted by Crippen LogP contribution is -2.27. The van der Waals surface area contributed by atoms with Crippen LogP contribution >= 0.6 is 11.6 Å². The van der Waals surface area contributed by atoms with Crippen molar-refractivity contribution >= 4 is 11.6 Å². The van der Waals surface area contributed by atoms with Gasteiger partial charge in [-0.3, -0.25) is 0 Å². The molecule has 0 spiro atoms. The highest BCUT2D eigenvalue weighted by molar-refractivity contribution is 6.31. The molecule has 1 unspecified atom stereocenters. The van der Waals surface area contributed by atoms with Gasteiger partial charge in [0.2, 0.25) is 0 Å². The molecule has 1 nitrogen and oxygen atoms in total. The smallest absolute Gasteiger partial charge is 0.0453 e. The van der Waals surface area contributed by atoms with E-state index in [0.717, 1.165) is 5.02 Å². The molecule has 3 rings (SSSR count). The molecular weight excluding hydrogens is 266 g/mol. The van der Waals surface area contributed by atoms with Crippen LogP contribution in [-0.4, -0.2) is 0 Å². The molecule has 20 heavy (non-hydrogen) atoms. The fraction of sp³-hybridized carbons (Fsp3) is 0.333. The molecule has 0 amide bonds. The van der Waals surface area contributed by atoms with Gasteiger partial charge in [-0.1, -0.05) is 54.1 Å². The van der Waals surface area contributed by atoms with E-state index in [1.807, 2.05) is 18.2 Å². The van der Waals surface area contributed by atoms with Crippen LogP contribution in [-0.2, 0) is 6.42 Å². The van der Waals surface area contributed by atoms with Crippen molar-refractivity contribution in [2.24, 2.45) is 0 Å². The summed E-state index contributed by atoms with van der Waals surface area (Å²) in [6.07, 6.45) is 3.66. The molecule has 2 heteroatoms. The van der Waals surface area contributed by atoms with Crippen LogP contribution in [0.2, 0.25) is 5.02 Å². The number of hydrogen-bond donors (Lipinski definition) is 1. The number of aryl methyl sites for hydroxylation is 1. The Morgan fingerprint density at radius 2 is 1.85 bits per heavy atom. The van der Waals surface area contributed by atoms with Crippen LogP contribution in [0.5, 0.6) is 0 Å². The Balaban J connectivity index is 1.81. The Hall–Kier alpha value is -1.31. The molecule has 0 aromatic heterocycles. The van der Waals surface area contributed by atoms with Crippen molar-refractivity contribution in [3.8, 4) is 0 Å². The second-order valence-electron chi connectivity index (χ2n) is 5.55. The average Bonchev–Trinajstić information content (AvgIpc) is 2.48. The van der Waals surface area contributed by atoms with E-state index in [2.05, 4.69) is 42.6 Å². The summed E-state index contributed by atoms with van der Waals surface area (Å²) in [4.78, 5) is 0. The largest absolute Gasteiger partial charge is 0.303 e. The zero-order chi connectivity index (χ0) is 13.9. The summed E-state index contributed by atoms with van der Waals surface area (Å²) in [6, 6.07) is 17.6. The molecule has 0 bridgehead atoms. The van der Waals surface area contributed by atoms with E-state index in [4.69, 9.17) is 11.6 Å². The summed E-state index contributed by atoms with van der Waals surface area (Å²) in [5, 5.41) is 4.59. The molecule has 1 aliphatic rings. The van der Waals surface area contributed by atoms with Crippen LogP contribution in [0.3, 0.4) is 0 Å². The van der Waals surface area contributed by atoms with Gasteiger partial charge in [0.1, 0.15) is 0 Å². The minimum Gasteiger partial charge on any atom is -0.303 e. The van der Waals surface area contributed by atoms with E-state index in [1.54, 1.807) is 0 Å². The summed E-state index contributed by atoms with van der Waals surface area (Å²) in [5.41, 5.74) is 4.12. The van der Waals surface area contributed by atoms with Gasteiger partial charge in [-0.15, -0.1) is 0 Å². The van der Waals surface area contributed by atoms with Crippen LogP contribution in [0.4, 0.5) is 0 Å². The number of rotatable bonds is 3. The lowest BCUT2D eigenvalue weighted by Gasteiger charge is -2.29. The maximum absolute atomic E-state index is 6.30. The standard InChI is InChI=1S/C18H20ClN/c1-13(15-9-4-5-11-17(15)19)20-18-12-6-8-14-7-2-3-10-16(14)18/h2-5,7,9-11,13,18,20H,6,8,12H2,1H3/t13-,18?/m1/s1. The van der Waals surface area contributed by atoms with E-state index in [1.165, 1.54) is 36.0 Å². The second-order valence-corrected chi connectivity index (χ2v) is 5.96. The first-order valence-electron chi connectivity index (χ1n) is 7.34. The number of nitrogens with one attached hydrogen (secondary N) is 1. The van der Waals surface area contributed by atoms with E-state index in [9.17, 15) is 0 Å². The Bertz CT molecular complexity index is 593. The molecule has 0 aliphatic heterocycles. The predicted octanol–water partition coefficient (Wildman–Crippen LogP) is 5.07. The number of halogens is 1. The molecule has 104 valence electrons. The van der Waals surface area contributed by atoms with Crippen molar-refractivity contribution in [2.45, 2.75) is 38.3 Å². The van der Waals surface area contributed by atoms with Gasteiger partial charge in [0.15, 0.2) is 0 Å². The fourth-order valence-corrected chi connectivity index (χ4v) is 3.44. The van der Waals surface area contributed by atoms with Gasteiger partial charge in [-0.25, -0.2) is 0 Å². The highest BCUT2D eigenvalue weighted by atomic mass is 35.5. The number of benzene rings is 2. The van der Waals surface area contributed by atoms with Crippen LogP contribution in [0.25, 0.3) is 0 Å². The Morgan fingerprint density at radius 1 is 1.10 bits per heavy atom. The fourth-order valence-electron chi connectivity index (χ4n) is 3.14. The van der Waals surface area contributed by atoms with Gasteiger partial charge in [0.05, 0.1) is 0 Å². The molecule has 1 aliphatic carbocycles. The van der Waals surface area contributed by atoms with E-state index in [-0.39, 0.29) is 6.04 Å². The Kier molecular flexibility index (Phi) is 4.09. The first-order chi connectivity index (χ1) is 9.75. The van der Waals surface area contributed by atoms with Gasteiger partial charge in [-0.05, 0) is 48.9 Å². The third-order valence-corrected chi connectivity index (χ3v) is 4.54. The molecule has 2 aromatic carbocycles. The monoisotopic (exact) mass is 285 g/mol. The predicted molar refractivity (Wildman–Crippen MR) is 85.1 cm³/mol. The van der Waals surface area contributed by atoms with Crippen LogP contribution < -0.4 is 5.32 Å². The SMILES string of the molecule is C[C@@H](NC1CCCc2ccccc21)c1ccccc1Cl. The van der Waals surface area contributed by atoms with Gasteiger partial charge in [0, 0.05) is 17.1 Å². The van der Waals surface area contributed by atoms with E-state index in [0.29, 0.717) is 6.04 Å². The van der Waals surface area contributed by atoms with Crippen molar-refractivity contribution in [2.75, 3.05) is 0 Å². The van der Waals surface area contributed by atoms with Crippen molar-refractivity contribution in [1.29, 1.82) is 0 Å². The summed E-state index contributed by atoms with van der Waals surface area (Å²) < 4.78 is 0. The molecule has 1 N–H and O–H groups in total. The van der Waals surface area contributed by atoms with Crippen LogP contribution in [0, 0.1) is 0 Å². The van der Waals surface area contributed by atoms with Crippen molar-refractivity contribution in [3.05, 3.63) is 70.2 Å². The van der Waals surface area contributed by atoms with Gasteiger partial charge in [-0.2, -0.15) is 0 Å². The first kappa shape index (κ1) is 13.7. The van der Waals surface area contributed by atoms with Crippen LogP contribution in [0.1, 0.15) is 48.5 Å². The zero-order valence-electron chi connectivity index (χ0n) is 11.8. The Labute approximate surface area is 126 Å². The van der Waals surface area contributed by atoms with E-state index < -0.39 is 0 Å². The maximum Gasteiger partial charge on any atom is 0.0453 e. The summed E-state index contributed by atoms with van der Waals surface area (Å²) in [7, 11) is 0. The molecule has 2 atom stereocenters. The zero-order valence-corrected chi connectivity index (χ0v) is 12.5. The number of fused-ring (bicyclic) bond motifs is 1. The third-order valence-electron chi connectivity index (χ3n) is 4.19. The van der Waals surface area contributed by atoms with Crippen LogP contribution in [0.15, 0.2) is 48.5 Å². The van der Waals surface area contributed by atoms with Crippen molar-refractivity contribution < 1.29 is 0 Å². The molecule has 0 saturated carbocycles. The van der Waals surface area contributed by atoms with Gasteiger partial charge >= 0.3 is 0 Å². The first-order valence-corrected chi connectivity index (χ1v) is 7.72. The van der Waals surface area contributed by atoms with Crippen molar-refractivity contribution in [1.82, 2.24) is 5.32 Å². The minimum atomic E-state index is 0.264. The highest BCUT2D eigenvalue weighted by Gasteiger charge is 2.22. The second kappa shape index (κ2) is 5.99.